The minimum atomic E-state index is -0.964. The number of carboxylic acid groups (broad SMARTS) is 1. The minimum absolute atomic E-state index is 0.0512. The summed E-state index contributed by atoms with van der Waals surface area (Å²) in [4.78, 5) is 22.5. The van der Waals surface area contributed by atoms with Gasteiger partial charge in [-0.25, -0.2) is 0 Å². The first-order valence-electron chi connectivity index (χ1n) is 6.18. The second-order valence-corrected chi connectivity index (χ2v) is 4.29. The fourth-order valence-corrected chi connectivity index (χ4v) is 1.80. The molecule has 6 nitrogen and oxygen atoms in total. The minimum Gasteiger partial charge on any atom is -0.496 e. The van der Waals surface area contributed by atoms with Gasteiger partial charge < -0.3 is 19.9 Å². The van der Waals surface area contributed by atoms with Crippen LogP contribution in [-0.2, 0) is 20.7 Å². The Morgan fingerprint density at radius 2 is 2.00 bits per heavy atom. The van der Waals surface area contributed by atoms with Crippen LogP contribution in [0.4, 0.5) is 0 Å². The van der Waals surface area contributed by atoms with Crippen LogP contribution in [0.2, 0.25) is 0 Å². The quantitative estimate of drug-likeness (QED) is 0.732. The Balaban J connectivity index is 2.67. The van der Waals surface area contributed by atoms with Crippen LogP contribution in [0.1, 0.15) is 5.56 Å². The van der Waals surface area contributed by atoms with E-state index in [-0.39, 0.29) is 25.5 Å². The van der Waals surface area contributed by atoms with Crippen molar-refractivity contribution in [3.63, 3.8) is 0 Å². The van der Waals surface area contributed by atoms with Crippen LogP contribution in [0.3, 0.4) is 0 Å². The molecular weight excluding hydrogens is 262 g/mol. The summed E-state index contributed by atoms with van der Waals surface area (Å²) in [5, 5.41) is 11.8. The van der Waals surface area contributed by atoms with E-state index in [0.717, 1.165) is 5.56 Å². The number of nitrogens with one attached hydrogen (secondary N) is 1. The van der Waals surface area contributed by atoms with Crippen LogP contribution in [0.15, 0.2) is 24.3 Å². The highest BCUT2D eigenvalue weighted by Gasteiger charge is 2.20. The van der Waals surface area contributed by atoms with Crippen molar-refractivity contribution in [3.05, 3.63) is 29.8 Å². The zero-order valence-corrected chi connectivity index (χ0v) is 11.6. The molecule has 0 aliphatic heterocycles. The van der Waals surface area contributed by atoms with Crippen LogP contribution in [0, 0.1) is 5.92 Å². The second-order valence-electron chi connectivity index (χ2n) is 4.29. The summed E-state index contributed by atoms with van der Waals surface area (Å²) in [6, 6.07) is 7.22. The summed E-state index contributed by atoms with van der Waals surface area (Å²) in [5.41, 5.74) is 0.795. The van der Waals surface area contributed by atoms with Crippen molar-refractivity contribution in [2.45, 2.75) is 6.42 Å². The van der Waals surface area contributed by atoms with E-state index in [0.29, 0.717) is 5.75 Å². The van der Waals surface area contributed by atoms with Crippen molar-refractivity contribution < 1.29 is 24.2 Å². The number of amides is 1. The Bertz CT molecular complexity index is 461. The molecule has 1 unspecified atom stereocenters. The molecular formula is C14H19NO5. The molecule has 0 saturated heterocycles. The zero-order valence-electron chi connectivity index (χ0n) is 11.6. The average molecular weight is 281 g/mol. The molecule has 20 heavy (non-hydrogen) atoms. The molecule has 0 heterocycles. The van der Waals surface area contributed by atoms with E-state index >= 15 is 0 Å². The molecule has 0 aliphatic rings. The lowest BCUT2D eigenvalue weighted by Crippen LogP contribution is -2.35. The van der Waals surface area contributed by atoms with Crippen LogP contribution < -0.4 is 10.1 Å². The van der Waals surface area contributed by atoms with E-state index in [1.807, 2.05) is 18.2 Å². The van der Waals surface area contributed by atoms with E-state index in [1.165, 1.54) is 14.2 Å². The highest BCUT2D eigenvalue weighted by Crippen LogP contribution is 2.20. The van der Waals surface area contributed by atoms with Gasteiger partial charge in [-0.2, -0.15) is 0 Å². The number of para-hydroxylation sites is 1. The van der Waals surface area contributed by atoms with Gasteiger partial charge in [0.2, 0.25) is 5.91 Å². The summed E-state index contributed by atoms with van der Waals surface area (Å²) in [5.74, 6) is -1.37. The first-order chi connectivity index (χ1) is 9.58. The number of hydrogen-bond donors (Lipinski definition) is 2. The van der Waals surface area contributed by atoms with Gasteiger partial charge in [-0.05, 0) is 18.1 Å². The van der Waals surface area contributed by atoms with E-state index in [2.05, 4.69) is 10.1 Å². The maximum Gasteiger partial charge on any atom is 0.308 e. The van der Waals surface area contributed by atoms with E-state index in [1.54, 1.807) is 6.07 Å². The van der Waals surface area contributed by atoms with Crippen molar-refractivity contribution in [1.29, 1.82) is 0 Å². The average Bonchev–Trinajstić information content (AvgIpc) is 2.43. The van der Waals surface area contributed by atoms with E-state index in [9.17, 15) is 14.7 Å². The topological polar surface area (TPSA) is 84.9 Å². The summed E-state index contributed by atoms with van der Waals surface area (Å²) in [7, 11) is 2.94. The normalized spacial score (nSPS) is 11.7. The molecule has 0 fully saturated rings. The molecule has 0 radical (unpaired) electrons. The Labute approximate surface area is 117 Å². The van der Waals surface area contributed by atoms with Gasteiger partial charge >= 0.3 is 5.97 Å². The van der Waals surface area contributed by atoms with Crippen LogP contribution in [0.25, 0.3) is 0 Å². The summed E-state index contributed by atoms with van der Waals surface area (Å²) < 4.78 is 9.86. The molecule has 0 aliphatic carbocycles. The van der Waals surface area contributed by atoms with Gasteiger partial charge in [-0.1, -0.05) is 18.2 Å². The largest absolute Gasteiger partial charge is 0.496 e. The smallest absolute Gasteiger partial charge is 0.308 e. The third-order valence-corrected chi connectivity index (χ3v) is 2.83. The molecule has 0 spiro atoms. The third kappa shape index (κ3) is 4.89. The fourth-order valence-electron chi connectivity index (χ4n) is 1.80. The van der Waals surface area contributed by atoms with Crippen LogP contribution in [0.5, 0.6) is 5.75 Å². The Morgan fingerprint density at radius 1 is 1.30 bits per heavy atom. The predicted octanol–water partition coefficient (Wildman–Crippen LogP) is 0.701. The van der Waals surface area contributed by atoms with Gasteiger partial charge in [0.25, 0.3) is 0 Å². The third-order valence-electron chi connectivity index (χ3n) is 2.83. The van der Waals surface area contributed by atoms with Gasteiger partial charge in [0, 0.05) is 13.7 Å². The number of benzene rings is 1. The van der Waals surface area contributed by atoms with Gasteiger partial charge in [-0.3, -0.25) is 9.59 Å². The molecule has 0 aromatic heterocycles. The van der Waals surface area contributed by atoms with Crippen molar-refractivity contribution >= 4 is 11.9 Å². The zero-order chi connectivity index (χ0) is 15.0. The molecule has 2 N–H and O–H groups in total. The standard InChI is InChI=1S/C14H19NO5/c1-19-9-13(16)15-8-11(14(17)18)7-10-5-3-4-6-12(10)20-2/h3-6,11H,7-9H2,1-2H3,(H,15,16)(H,17,18). The number of methoxy groups -OCH3 is 2. The predicted molar refractivity (Wildman–Crippen MR) is 72.7 cm³/mol. The molecule has 1 atom stereocenters. The maximum absolute atomic E-state index is 11.3. The van der Waals surface area contributed by atoms with E-state index in [4.69, 9.17) is 4.74 Å². The number of aliphatic carboxylic acids is 1. The molecule has 0 bridgehead atoms. The van der Waals surface area contributed by atoms with Gasteiger partial charge in [0.05, 0.1) is 13.0 Å². The van der Waals surface area contributed by atoms with Crippen LogP contribution in [-0.4, -0.2) is 44.4 Å². The Hall–Kier alpha value is -2.08. The molecule has 1 rings (SSSR count). The number of hydrogen-bond acceptors (Lipinski definition) is 4. The van der Waals surface area contributed by atoms with Gasteiger partial charge in [0.15, 0.2) is 0 Å². The van der Waals surface area contributed by atoms with Gasteiger partial charge in [0.1, 0.15) is 12.4 Å². The maximum atomic E-state index is 11.3. The van der Waals surface area contributed by atoms with Crippen molar-refractivity contribution in [3.8, 4) is 5.75 Å². The Kier molecular flexibility index (Phi) is 6.52. The molecule has 1 amide bonds. The number of carbonyl (C=O) groups excluding carboxylic acids is 1. The highest BCUT2D eigenvalue weighted by molar-refractivity contribution is 5.78. The SMILES string of the molecule is COCC(=O)NCC(Cc1ccccc1OC)C(=O)O. The fraction of sp³-hybridized carbons (Fsp3) is 0.429. The second kappa shape index (κ2) is 8.16. The van der Waals surface area contributed by atoms with Crippen molar-refractivity contribution in [1.82, 2.24) is 5.32 Å². The number of carboxylic acids is 1. The summed E-state index contributed by atoms with van der Waals surface area (Å²) in [6.07, 6.45) is 0.284. The first kappa shape index (κ1) is 16.0. The van der Waals surface area contributed by atoms with Gasteiger partial charge in [-0.15, -0.1) is 0 Å². The molecule has 110 valence electrons. The molecule has 0 saturated carbocycles. The number of carbonyl (C=O) groups is 2. The monoisotopic (exact) mass is 281 g/mol. The molecule has 1 aromatic carbocycles. The van der Waals surface area contributed by atoms with Crippen molar-refractivity contribution in [2.24, 2.45) is 5.92 Å². The summed E-state index contributed by atoms with van der Waals surface area (Å²) >= 11 is 0. The molecule has 1 aromatic rings. The number of ether oxygens (including phenoxy) is 2. The lowest BCUT2D eigenvalue weighted by Gasteiger charge is -2.15. The lowest BCUT2D eigenvalue weighted by molar-refractivity contribution is -0.141. The molecule has 6 heteroatoms. The van der Waals surface area contributed by atoms with Crippen molar-refractivity contribution in [2.75, 3.05) is 27.4 Å². The first-order valence-corrected chi connectivity index (χ1v) is 6.18. The lowest BCUT2D eigenvalue weighted by atomic mass is 9.98. The highest BCUT2D eigenvalue weighted by atomic mass is 16.5. The Morgan fingerprint density at radius 3 is 2.60 bits per heavy atom. The van der Waals surface area contributed by atoms with E-state index < -0.39 is 11.9 Å². The van der Waals surface area contributed by atoms with Crippen LogP contribution >= 0.6 is 0 Å². The number of rotatable bonds is 8. The summed E-state index contributed by atoms with van der Waals surface area (Å²) in [6.45, 7) is -0.0312.